The summed E-state index contributed by atoms with van der Waals surface area (Å²) in [5.41, 5.74) is 0.676. The van der Waals surface area contributed by atoms with Crippen LogP contribution >= 0.6 is 11.3 Å². The van der Waals surface area contributed by atoms with Gasteiger partial charge in [-0.1, -0.05) is 12.1 Å². The van der Waals surface area contributed by atoms with Gasteiger partial charge in [0.25, 0.3) is 10.0 Å². The van der Waals surface area contributed by atoms with Gasteiger partial charge in [0.15, 0.2) is 16.5 Å². The highest BCUT2D eigenvalue weighted by atomic mass is 32.2. The van der Waals surface area contributed by atoms with Gasteiger partial charge in [0.2, 0.25) is 5.78 Å². The van der Waals surface area contributed by atoms with Gasteiger partial charge in [-0.3, -0.25) is 9.10 Å². The van der Waals surface area contributed by atoms with E-state index < -0.39 is 38.2 Å². The molecule has 5 nitrogen and oxygen atoms in total. The zero-order valence-corrected chi connectivity index (χ0v) is 16.7. The Morgan fingerprint density at radius 3 is 2.57 bits per heavy atom. The molecule has 0 atom stereocenters. The molecule has 0 saturated heterocycles. The number of fused-ring (bicyclic) bond motifs is 1. The van der Waals surface area contributed by atoms with Crippen molar-refractivity contribution in [2.45, 2.75) is 6.54 Å². The fourth-order valence-corrected chi connectivity index (χ4v) is 5.48. The van der Waals surface area contributed by atoms with Crippen LogP contribution in [0.5, 0.6) is 0 Å². The molecule has 1 aromatic heterocycles. The summed E-state index contributed by atoms with van der Waals surface area (Å²) in [5.74, 6) is -3.41. The van der Waals surface area contributed by atoms with Crippen molar-refractivity contribution in [2.24, 2.45) is 0 Å². The zero-order valence-electron chi connectivity index (χ0n) is 15.1. The maximum Gasteiger partial charge on any atom is 0.270 e. The van der Waals surface area contributed by atoms with Gasteiger partial charge in [-0.25, -0.2) is 21.6 Å². The lowest BCUT2D eigenvalue weighted by molar-refractivity contribution is 0.104. The summed E-state index contributed by atoms with van der Waals surface area (Å²) in [6, 6.07) is 9.91. The zero-order chi connectivity index (χ0) is 21.5. The van der Waals surface area contributed by atoms with Gasteiger partial charge in [0.1, 0.15) is 10.7 Å². The summed E-state index contributed by atoms with van der Waals surface area (Å²) in [7, 11) is -4.30. The Labute approximate surface area is 174 Å². The minimum atomic E-state index is -4.30. The van der Waals surface area contributed by atoms with Crippen molar-refractivity contribution in [2.75, 3.05) is 9.62 Å². The molecule has 30 heavy (non-hydrogen) atoms. The molecule has 0 amide bonds. The van der Waals surface area contributed by atoms with Gasteiger partial charge in [-0.2, -0.15) is 0 Å². The van der Waals surface area contributed by atoms with Crippen molar-refractivity contribution in [3.05, 3.63) is 92.9 Å². The standard InChI is InChI=1S/C20H13F3N2O3S2/c21-13-3-1-2-12(8-13)11-25-17-6-7-29-20(17)19(26)18(30(25,27)28)10-24-14-4-5-15(22)16(23)9-14/h1-10,24H,11H2. The highest BCUT2D eigenvalue weighted by Gasteiger charge is 2.41. The number of hydrogen-bond donors (Lipinski definition) is 1. The molecule has 0 fully saturated rings. The predicted molar refractivity (Wildman–Crippen MR) is 108 cm³/mol. The van der Waals surface area contributed by atoms with Crippen LogP contribution in [0.1, 0.15) is 15.2 Å². The molecule has 2 aromatic carbocycles. The van der Waals surface area contributed by atoms with Crippen molar-refractivity contribution in [3.8, 4) is 0 Å². The maximum atomic E-state index is 13.6. The number of sulfonamides is 1. The second-order valence-electron chi connectivity index (χ2n) is 6.39. The third-order valence-corrected chi connectivity index (χ3v) is 7.08. The summed E-state index contributed by atoms with van der Waals surface area (Å²) < 4.78 is 67.5. The molecule has 0 saturated carbocycles. The Morgan fingerprint density at radius 1 is 1.03 bits per heavy atom. The first kappa shape index (κ1) is 20.2. The van der Waals surface area contributed by atoms with Crippen molar-refractivity contribution >= 4 is 38.5 Å². The third-order valence-electron chi connectivity index (χ3n) is 4.42. The van der Waals surface area contributed by atoms with Crippen LogP contribution < -0.4 is 9.62 Å². The molecule has 154 valence electrons. The second kappa shape index (κ2) is 7.62. The molecule has 0 aliphatic carbocycles. The summed E-state index contributed by atoms with van der Waals surface area (Å²) in [6.45, 7) is -0.181. The Kier molecular flexibility index (Phi) is 5.12. The lowest BCUT2D eigenvalue weighted by Gasteiger charge is -2.29. The molecule has 10 heteroatoms. The number of Topliss-reactive ketones (excluding diaryl/α,β-unsaturated/α-hetero) is 1. The molecule has 4 rings (SSSR count). The van der Waals surface area contributed by atoms with E-state index in [-0.39, 0.29) is 22.8 Å². The molecule has 0 unspecified atom stereocenters. The first-order chi connectivity index (χ1) is 14.3. The van der Waals surface area contributed by atoms with Crippen LogP contribution in [-0.2, 0) is 16.6 Å². The van der Waals surface area contributed by atoms with E-state index in [0.717, 1.165) is 34.0 Å². The number of benzene rings is 2. The number of carbonyl (C=O) groups excluding carboxylic acids is 1. The average molecular weight is 450 g/mol. The number of ketones is 1. The Morgan fingerprint density at radius 2 is 1.83 bits per heavy atom. The fourth-order valence-electron chi connectivity index (χ4n) is 2.99. The smallest absolute Gasteiger partial charge is 0.270 e. The van der Waals surface area contributed by atoms with E-state index in [1.165, 1.54) is 30.3 Å². The van der Waals surface area contributed by atoms with E-state index in [1.807, 2.05) is 0 Å². The topological polar surface area (TPSA) is 66.5 Å². The van der Waals surface area contributed by atoms with E-state index in [0.29, 0.717) is 5.56 Å². The number of carbonyl (C=O) groups is 1. The number of nitrogens with zero attached hydrogens (tertiary/aromatic N) is 1. The number of anilines is 2. The number of nitrogens with one attached hydrogen (secondary N) is 1. The van der Waals surface area contributed by atoms with Crippen LogP contribution in [0.2, 0.25) is 0 Å². The largest absolute Gasteiger partial charge is 0.360 e. The molecule has 0 bridgehead atoms. The molecule has 2 heterocycles. The lowest BCUT2D eigenvalue weighted by Crippen LogP contribution is -2.38. The van der Waals surface area contributed by atoms with Crippen LogP contribution in [0.15, 0.2) is 65.0 Å². The van der Waals surface area contributed by atoms with E-state index in [2.05, 4.69) is 5.32 Å². The number of hydrogen-bond acceptors (Lipinski definition) is 5. The molecule has 0 spiro atoms. The number of thiophene rings is 1. The summed E-state index contributed by atoms with van der Waals surface area (Å²) in [6.07, 6.45) is 0.950. The number of rotatable bonds is 4. The lowest BCUT2D eigenvalue weighted by atomic mass is 10.2. The minimum absolute atomic E-state index is 0.0676. The van der Waals surface area contributed by atoms with E-state index in [1.54, 1.807) is 11.4 Å². The van der Waals surface area contributed by atoms with Crippen LogP contribution in [0, 0.1) is 17.5 Å². The van der Waals surface area contributed by atoms with Crippen LogP contribution in [-0.4, -0.2) is 14.2 Å². The number of halogens is 3. The predicted octanol–water partition coefficient (Wildman–Crippen LogP) is 4.65. The van der Waals surface area contributed by atoms with Crippen molar-refractivity contribution in [1.82, 2.24) is 0 Å². The van der Waals surface area contributed by atoms with Gasteiger partial charge < -0.3 is 5.32 Å². The Bertz CT molecular complexity index is 1290. The number of allylic oxidation sites excluding steroid dienone is 1. The Balaban J connectivity index is 1.74. The summed E-state index contributed by atoms with van der Waals surface area (Å²) in [4.78, 5) is 12.4. The fraction of sp³-hybridized carbons (Fsp3) is 0.0500. The maximum absolute atomic E-state index is 13.6. The quantitative estimate of drug-likeness (QED) is 0.588. The van der Waals surface area contributed by atoms with E-state index >= 15 is 0 Å². The summed E-state index contributed by atoms with van der Waals surface area (Å²) in [5, 5.41) is 4.12. The third kappa shape index (κ3) is 3.59. The molecular formula is C20H13F3N2O3S2. The summed E-state index contributed by atoms with van der Waals surface area (Å²) >= 11 is 1.07. The molecular weight excluding hydrogens is 437 g/mol. The van der Waals surface area contributed by atoms with Gasteiger partial charge in [-0.15, -0.1) is 11.3 Å². The van der Waals surface area contributed by atoms with Gasteiger partial charge >= 0.3 is 0 Å². The van der Waals surface area contributed by atoms with Gasteiger partial charge in [0.05, 0.1) is 12.2 Å². The first-order valence-electron chi connectivity index (χ1n) is 8.58. The average Bonchev–Trinajstić information content (AvgIpc) is 3.17. The first-order valence-corrected chi connectivity index (χ1v) is 10.9. The van der Waals surface area contributed by atoms with Crippen molar-refractivity contribution in [3.63, 3.8) is 0 Å². The normalized spacial score (nSPS) is 16.6. The Hall–Kier alpha value is -3.11. The van der Waals surface area contributed by atoms with Gasteiger partial charge in [0, 0.05) is 18.0 Å². The molecule has 1 aliphatic heterocycles. The van der Waals surface area contributed by atoms with E-state index in [9.17, 15) is 26.4 Å². The highest BCUT2D eigenvalue weighted by Crippen LogP contribution is 2.39. The van der Waals surface area contributed by atoms with Crippen molar-refractivity contribution < 1.29 is 26.4 Å². The molecule has 0 radical (unpaired) electrons. The second-order valence-corrected chi connectivity index (χ2v) is 9.13. The minimum Gasteiger partial charge on any atom is -0.360 e. The van der Waals surface area contributed by atoms with Crippen LogP contribution in [0.3, 0.4) is 0 Å². The monoisotopic (exact) mass is 450 g/mol. The molecule has 1 aliphatic rings. The molecule has 1 N–H and O–H groups in total. The van der Waals surface area contributed by atoms with E-state index in [4.69, 9.17) is 0 Å². The van der Waals surface area contributed by atoms with Gasteiger partial charge in [-0.05, 0) is 41.3 Å². The van der Waals surface area contributed by atoms with Crippen molar-refractivity contribution in [1.29, 1.82) is 0 Å². The SMILES string of the molecule is O=C1C(=CNc2ccc(F)c(F)c2)S(=O)(=O)N(Cc2cccc(F)c2)c2ccsc21. The van der Waals surface area contributed by atoms with Crippen LogP contribution in [0.25, 0.3) is 0 Å². The molecule has 3 aromatic rings. The van der Waals surface area contributed by atoms with Crippen LogP contribution in [0.4, 0.5) is 24.5 Å². The highest BCUT2D eigenvalue weighted by molar-refractivity contribution is 7.97.